The largest absolute Gasteiger partial charge is 0.493 e. The number of rotatable bonds is 5. The Morgan fingerprint density at radius 2 is 2.14 bits per heavy atom. The topological polar surface area (TPSA) is 55.3 Å². The summed E-state index contributed by atoms with van der Waals surface area (Å²) >= 11 is 0. The lowest BCUT2D eigenvalue weighted by molar-refractivity contribution is 0.156. The molecule has 0 amide bonds. The predicted octanol–water partition coefficient (Wildman–Crippen LogP) is 3.20. The molecule has 28 heavy (non-hydrogen) atoms. The first-order valence-electron chi connectivity index (χ1n) is 10.6. The maximum Gasteiger partial charge on any atom is 0.193 e. The van der Waals surface area contributed by atoms with E-state index in [0.29, 0.717) is 11.5 Å². The fraction of sp³-hybridized carbons (Fsp3) is 0.682. The normalized spacial score (nSPS) is 25.6. The third kappa shape index (κ3) is 4.22. The molecule has 0 aromatic heterocycles. The van der Waals surface area contributed by atoms with Crippen LogP contribution in [0.2, 0.25) is 0 Å². The van der Waals surface area contributed by atoms with E-state index in [1.807, 2.05) is 13.1 Å². The maximum absolute atomic E-state index is 6.23. The van der Waals surface area contributed by atoms with Crippen LogP contribution in [0.3, 0.4) is 0 Å². The highest BCUT2D eigenvalue weighted by Gasteiger charge is 2.42. The van der Waals surface area contributed by atoms with Gasteiger partial charge in [0.15, 0.2) is 17.5 Å². The highest BCUT2D eigenvalue weighted by molar-refractivity contribution is 5.80. The number of aliphatic imine (C=N–C) groups is 1. The van der Waals surface area contributed by atoms with Crippen LogP contribution < -0.4 is 14.8 Å². The molecule has 1 aliphatic carbocycles. The van der Waals surface area contributed by atoms with Crippen LogP contribution in [0.5, 0.6) is 11.5 Å². The number of methoxy groups -OCH3 is 1. The van der Waals surface area contributed by atoms with Crippen molar-refractivity contribution in [2.24, 2.45) is 10.4 Å². The number of nitrogens with one attached hydrogen (secondary N) is 1. The van der Waals surface area contributed by atoms with E-state index in [4.69, 9.17) is 14.2 Å². The minimum absolute atomic E-state index is 0.319. The number of ether oxygens (including phenoxy) is 3. The first kappa shape index (κ1) is 19.4. The standard InChI is InChI=1S/C22H33N3O3/c1-23-21(25-11-9-22(15-25)10-12-27-16-22)24-14-17-7-8-19(26-2)20(13-17)28-18-5-3-4-6-18/h7-8,13,18H,3-6,9-12,14-16H2,1-2H3,(H,23,24). The van der Waals surface area contributed by atoms with Gasteiger partial charge in [0.2, 0.25) is 0 Å². The van der Waals surface area contributed by atoms with E-state index in [0.717, 1.165) is 63.1 Å². The molecule has 3 aliphatic rings. The van der Waals surface area contributed by atoms with Gasteiger partial charge < -0.3 is 24.4 Å². The van der Waals surface area contributed by atoms with Gasteiger partial charge in [-0.15, -0.1) is 0 Å². The molecule has 1 saturated carbocycles. The first-order valence-corrected chi connectivity index (χ1v) is 10.6. The molecule has 3 fully saturated rings. The van der Waals surface area contributed by atoms with Crippen molar-refractivity contribution >= 4 is 5.96 Å². The first-order chi connectivity index (χ1) is 13.7. The van der Waals surface area contributed by atoms with Gasteiger partial charge in [-0.1, -0.05) is 6.07 Å². The van der Waals surface area contributed by atoms with Crippen molar-refractivity contribution in [2.45, 2.75) is 51.2 Å². The monoisotopic (exact) mass is 387 g/mol. The van der Waals surface area contributed by atoms with Crippen LogP contribution in [0.25, 0.3) is 0 Å². The van der Waals surface area contributed by atoms with Gasteiger partial charge in [0.05, 0.1) is 19.8 Å². The molecule has 2 saturated heterocycles. The van der Waals surface area contributed by atoms with Crippen molar-refractivity contribution in [1.29, 1.82) is 0 Å². The molecular weight excluding hydrogens is 354 g/mol. The molecule has 154 valence electrons. The summed E-state index contributed by atoms with van der Waals surface area (Å²) in [6, 6.07) is 6.20. The molecule has 1 aromatic carbocycles. The van der Waals surface area contributed by atoms with E-state index >= 15 is 0 Å². The highest BCUT2D eigenvalue weighted by Crippen LogP contribution is 2.38. The van der Waals surface area contributed by atoms with Crippen LogP contribution in [-0.4, -0.2) is 57.4 Å². The molecule has 2 aliphatic heterocycles. The second kappa shape index (κ2) is 8.60. The third-order valence-corrected chi connectivity index (χ3v) is 6.41. The van der Waals surface area contributed by atoms with E-state index in [1.165, 1.54) is 31.2 Å². The molecule has 2 heterocycles. The van der Waals surface area contributed by atoms with Crippen molar-refractivity contribution in [1.82, 2.24) is 10.2 Å². The Morgan fingerprint density at radius 3 is 2.86 bits per heavy atom. The highest BCUT2D eigenvalue weighted by atomic mass is 16.5. The molecule has 0 bridgehead atoms. The van der Waals surface area contributed by atoms with E-state index in [-0.39, 0.29) is 0 Å². The molecular formula is C22H33N3O3. The minimum Gasteiger partial charge on any atom is -0.493 e. The summed E-state index contributed by atoms with van der Waals surface area (Å²) in [5.41, 5.74) is 1.51. The average molecular weight is 388 g/mol. The van der Waals surface area contributed by atoms with Crippen LogP contribution in [-0.2, 0) is 11.3 Å². The van der Waals surface area contributed by atoms with Gasteiger partial charge in [0.1, 0.15) is 0 Å². The molecule has 1 unspecified atom stereocenters. The Morgan fingerprint density at radius 1 is 1.29 bits per heavy atom. The molecule has 4 rings (SSSR count). The van der Waals surface area contributed by atoms with Crippen LogP contribution in [0.4, 0.5) is 0 Å². The molecule has 0 radical (unpaired) electrons. The summed E-state index contributed by atoms with van der Waals surface area (Å²) in [4.78, 5) is 6.88. The Hall–Kier alpha value is -1.95. The average Bonchev–Trinajstić information content (AvgIpc) is 3.47. The fourth-order valence-corrected chi connectivity index (χ4v) is 4.71. The zero-order valence-corrected chi connectivity index (χ0v) is 17.2. The minimum atomic E-state index is 0.319. The zero-order chi connectivity index (χ0) is 19.4. The summed E-state index contributed by atoms with van der Waals surface area (Å²) in [7, 11) is 3.56. The number of nitrogens with zero attached hydrogens (tertiary/aromatic N) is 2. The van der Waals surface area contributed by atoms with Crippen LogP contribution in [0.1, 0.15) is 44.1 Å². The Labute approximate surface area is 168 Å². The van der Waals surface area contributed by atoms with E-state index in [2.05, 4.69) is 27.3 Å². The smallest absolute Gasteiger partial charge is 0.193 e. The summed E-state index contributed by atoms with van der Waals surface area (Å²) in [6.45, 7) is 4.58. The second-order valence-electron chi connectivity index (χ2n) is 8.38. The van der Waals surface area contributed by atoms with Gasteiger partial charge in [-0.25, -0.2) is 0 Å². The summed E-state index contributed by atoms with van der Waals surface area (Å²) < 4.78 is 17.4. The lowest BCUT2D eigenvalue weighted by atomic mass is 9.87. The number of guanidine groups is 1. The second-order valence-corrected chi connectivity index (χ2v) is 8.38. The lowest BCUT2D eigenvalue weighted by Gasteiger charge is -2.25. The van der Waals surface area contributed by atoms with Gasteiger partial charge in [-0.05, 0) is 56.2 Å². The summed E-state index contributed by atoms with van der Waals surface area (Å²) in [6.07, 6.45) is 7.47. The summed E-state index contributed by atoms with van der Waals surface area (Å²) in [5, 5.41) is 3.53. The lowest BCUT2D eigenvalue weighted by Crippen LogP contribution is -2.41. The molecule has 1 aromatic rings. The van der Waals surface area contributed by atoms with E-state index in [1.54, 1.807) is 7.11 Å². The van der Waals surface area contributed by atoms with Crippen molar-refractivity contribution < 1.29 is 14.2 Å². The molecule has 1 atom stereocenters. The number of benzene rings is 1. The van der Waals surface area contributed by atoms with Crippen LogP contribution in [0, 0.1) is 5.41 Å². The third-order valence-electron chi connectivity index (χ3n) is 6.41. The number of hydrogen-bond donors (Lipinski definition) is 1. The van der Waals surface area contributed by atoms with E-state index < -0.39 is 0 Å². The van der Waals surface area contributed by atoms with Gasteiger partial charge >= 0.3 is 0 Å². The Kier molecular flexibility index (Phi) is 5.95. The van der Waals surface area contributed by atoms with Crippen LogP contribution >= 0.6 is 0 Å². The maximum atomic E-state index is 6.23. The predicted molar refractivity (Wildman–Crippen MR) is 110 cm³/mol. The molecule has 6 heteroatoms. The van der Waals surface area contributed by atoms with Gasteiger partial charge in [-0.2, -0.15) is 0 Å². The zero-order valence-electron chi connectivity index (χ0n) is 17.2. The van der Waals surface area contributed by atoms with Gasteiger partial charge in [-0.3, -0.25) is 4.99 Å². The molecule has 6 nitrogen and oxygen atoms in total. The SMILES string of the molecule is CN=C(NCc1ccc(OC)c(OC2CCCC2)c1)N1CCC2(CCOC2)C1. The van der Waals surface area contributed by atoms with Crippen molar-refractivity contribution in [2.75, 3.05) is 40.5 Å². The Balaban J connectivity index is 1.38. The summed E-state index contributed by atoms with van der Waals surface area (Å²) in [5.74, 6) is 2.63. The fourth-order valence-electron chi connectivity index (χ4n) is 4.71. The number of hydrogen-bond acceptors (Lipinski definition) is 4. The number of likely N-dealkylation sites (tertiary alicyclic amines) is 1. The van der Waals surface area contributed by atoms with Crippen molar-refractivity contribution in [3.63, 3.8) is 0 Å². The van der Waals surface area contributed by atoms with Gasteiger partial charge in [0.25, 0.3) is 0 Å². The van der Waals surface area contributed by atoms with E-state index in [9.17, 15) is 0 Å². The van der Waals surface area contributed by atoms with Gasteiger partial charge in [0, 0.05) is 38.7 Å². The van der Waals surface area contributed by atoms with Crippen molar-refractivity contribution in [3.05, 3.63) is 23.8 Å². The van der Waals surface area contributed by atoms with Crippen molar-refractivity contribution in [3.8, 4) is 11.5 Å². The molecule has 1 spiro atoms. The molecule has 1 N–H and O–H groups in total. The quantitative estimate of drug-likeness (QED) is 0.621. The Bertz CT molecular complexity index is 694. The van der Waals surface area contributed by atoms with Crippen LogP contribution in [0.15, 0.2) is 23.2 Å².